The van der Waals surface area contributed by atoms with Crippen molar-refractivity contribution in [3.63, 3.8) is 0 Å². The Morgan fingerprint density at radius 1 is 1.54 bits per heavy atom. The summed E-state index contributed by atoms with van der Waals surface area (Å²) in [4.78, 5) is 0. The molecule has 2 nitrogen and oxygen atoms in total. The van der Waals surface area contributed by atoms with Crippen molar-refractivity contribution < 1.29 is 0 Å². The minimum absolute atomic E-state index is 0.876. The lowest BCUT2D eigenvalue weighted by Crippen LogP contribution is -1.99. The summed E-state index contributed by atoms with van der Waals surface area (Å²) < 4.78 is 2.02. The average molecular weight is 178 g/mol. The van der Waals surface area contributed by atoms with E-state index in [-0.39, 0.29) is 0 Å². The highest BCUT2D eigenvalue weighted by Gasteiger charge is 1.95. The molecule has 0 amide bonds. The van der Waals surface area contributed by atoms with Gasteiger partial charge in [0.1, 0.15) is 0 Å². The summed E-state index contributed by atoms with van der Waals surface area (Å²) in [6.07, 6.45) is 8.59. The minimum Gasteiger partial charge on any atom is -0.272 e. The second-order valence-electron chi connectivity index (χ2n) is 3.27. The van der Waals surface area contributed by atoms with Crippen molar-refractivity contribution in [1.82, 2.24) is 9.78 Å². The number of aromatic nitrogens is 2. The molecule has 0 saturated heterocycles. The van der Waals surface area contributed by atoms with Crippen LogP contribution >= 0.6 is 0 Å². The van der Waals surface area contributed by atoms with E-state index < -0.39 is 0 Å². The van der Waals surface area contributed by atoms with E-state index in [9.17, 15) is 0 Å². The Morgan fingerprint density at radius 3 is 3.08 bits per heavy atom. The quantitative estimate of drug-likeness (QED) is 0.484. The van der Waals surface area contributed by atoms with Gasteiger partial charge in [0, 0.05) is 19.2 Å². The zero-order chi connectivity index (χ0) is 9.52. The van der Waals surface area contributed by atoms with Gasteiger partial charge in [0.2, 0.25) is 0 Å². The first-order chi connectivity index (χ1) is 6.36. The molecular formula is C11H18N2. The Morgan fingerprint density at radius 2 is 2.38 bits per heavy atom. The summed E-state index contributed by atoms with van der Waals surface area (Å²) in [5, 5.41) is 4.42. The van der Waals surface area contributed by atoms with Gasteiger partial charge in [-0.3, -0.25) is 4.68 Å². The van der Waals surface area contributed by atoms with Gasteiger partial charge in [-0.15, -0.1) is 6.58 Å². The maximum atomic E-state index is 4.42. The fourth-order valence-electron chi connectivity index (χ4n) is 1.31. The van der Waals surface area contributed by atoms with Crippen molar-refractivity contribution in [2.24, 2.45) is 0 Å². The van der Waals surface area contributed by atoms with Crippen molar-refractivity contribution >= 4 is 0 Å². The van der Waals surface area contributed by atoms with Crippen LogP contribution in [-0.2, 0) is 13.0 Å². The summed E-state index contributed by atoms with van der Waals surface area (Å²) in [6, 6.07) is 2.06. The fraction of sp³-hybridized carbons (Fsp3) is 0.545. The van der Waals surface area contributed by atoms with E-state index in [2.05, 4.69) is 30.9 Å². The van der Waals surface area contributed by atoms with Gasteiger partial charge in [-0.2, -0.15) is 5.10 Å². The van der Waals surface area contributed by atoms with Crippen molar-refractivity contribution in [1.29, 1.82) is 0 Å². The third kappa shape index (κ3) is 3.45. The molecule has 0 N–H and O–H groups in total. The average Bonchev–Trinajstić information content (AvgIpc) is 2.54. The van der Waals surface area contributed by atoms with Crippen LogP contribution in [-0.4, -0.2) is 9.78 Å². The van der Waals surface area contributed by atoms with E-state index in [1.54, 1.807) is 0 Å². The van der Waals surface area contributed by atoms with E-state index >= 15 is 0 Å². The molecule has 0 atom stereocenters. The van der Waals surface area contributed by atoms with Crippen molar-refractivity contribution in [3.05, 3.63) is 30.6 Å². The van der Waals surface area contributed by atoms with Gasteiger partial charge in [-0.25, -0.2) is 0 Å². The molecule has 0 bridgehead atoms. The van der Waals surface area contributed by atoms with Crippen LogP contribution in [0.4, 0.5) is 0 Å². The molecule has 1 aromatic heterocycles. The standard InChI is InChI=1S/C11H18N2/c1-3-5-6-9-13-10-8-11(12-13)7-4-2/h4,8,10H,2-3,5-7,9H2,1H3. The number of aryl methyl sites for hydroxylation is 1. The summed E-state index contributed by atoms with van der Waals surface area (Å²) in [6.45, 7) is 6.95. The SMILES string of the molecule is C=CCc1ccn(CCCCC)n1. The summed E-state index contributed by atoms with van der Waals surface area (Å²) in [5.74, 6) is 0. The second-order valence-corrected chi connectivity index (χ2v) is 3.27. The molecule has 1 aromatic rings. The van der Waals surface area contributed by atoms with E-state index in [1.807, 2.05) is 10.8 Å². The van der Waals surface area contributed by atoms with Crippen LogP contribution in [0.2, 0.25) is 0 Å². The molecule has 0 fully saturated rings. The monoisotopic (exact) mass is 178 g/mol. The number of rotatable bonds is 6. The molecule has 1 rings (SSSR count). The van der Waals surface area contributed by atoms with E-state index in [0.29, 0.717) is 0 Å². The largest absolute Gasteiger partial charge is 0.272 e. The van der Waals surface area contributed by atoms with Crippen LogP contribution in [0.5, 0.6) is 0 Å². The molecule has 13 heavy (non-hydrogen) atoms. The predicted molar refractivity (Wildman–Crippen MR) is 55.7 cm³/mol. The Kier molecular flexibility index (Phi) is 4.30. The van der Waals surface area contributed by atoms with Crippen molar-refractivity contribution in [2.45, 2.75) is 39.2 Å². The molecule has 0 aromatic carbocycles. The molecule has 0 aliphatic rings. The van der Waals surface area contributed by atoms with E-state index in [1.165, 1.54) is 19.3 Å². The Hall–Kier alpha value is -1.05. The minimum atomic E-state index is 0.876. The lowest BCUT2D eigenvalue weighted by Gasteiger charge is -1.99. The number of nitrogens with zero attached hydrogens (tertiary/aromatic N) is 2. The van der Waals surface area contributed by atoms with Crippen molar-refractivity contribution in [2.75, 3.05) is 0 Å². The number of hydrogen-bond donors (Lipinski definition) is 0. The smallest absolute Gasteiger partial charge is 0.0662 e. The second kappa shape index (κ2) is 5.57. The number of allylic oxidation sites excluding steroid dienone is 1. The van der Waals surface area contributed by atoms with Gasteiger partial charge in [-0.1, -0.05) is 25.8 Å². The Balaban J connectivity index is 2.35. The van der Waals surface area contributed by atoms with Gasteiger partial charge in [0.05, 0.1) is 5.69 Å². The third-order valence-corrected chi connectivity index (χ3v) is 2.04. The van der Waals surface area contributed by atoms with Crippen LogP contribution in [0.3, 0.4) is 0 Å². The van der Waals surface area contributed by atoms with Crippen LogP contribution in [0.25, 0.3) is 0 Å². The highest BCUT2D eigenvalue weighted by molar-refractivity contribution is 5.02. The number of unbranched alkanes of at least 4 members (excludes halogenated alkanes) is 2. The number of hydrogen-bond acceptors (Lipinski definition) is 1. The predicted octanol–water partition coefficient (Wildman–Crippen LogP) is 2.80. The summed E-state index contributed by atoms with van der Waals surface area (Å²) in [7, 11) is 0. The van der Waals surface area contributed by atoms with Gasteiger partial charge < -0.3 is 0 Å². The van der Waals surface area contributed by atoms with Gasteiger partial charge in [-0.05, 0) is 12.5 Å². The summed E-state index contributed by atoms with van der Waals surface area (Å²) in [5.41, 5.74) is 1.12. The lowest BCUT2D eigenvalue weighted by atomic mass is 10.2. The molecule has 72 valence electrons. The van der Waals surface area contributed by atoms with Crippen LogP contribution in [0, 0.1) is 0 Å². The van der Waals surface area contributed by atoms with E-state index in [4.69, 9.17) is 0 Å². The van der Waals surface area contributed by atoms with Gasteiger partial charge in [0.25, 0.3) is 0 Å². The molecule has 2 heteroatoms. The molecule has 0 spiro atoms. The first-order valence-corrected chi connectivity index (χ1v) is 5.00. The normalized spacial score (nSPS) is 10.2. The first-order valence-electron chi connectivity index (χ1n) is 5.00. The molecule has 0 radical (unpaired) electrons. The van der Waals surface area contributed by atoms with Crippen LogP contribution < -0.4 is 0 Å². The maximum absolute atomic E-state index is 4.42. The molecule has 0 unspecified atom stereocenters. The third-order valence-electron chi connectivity index (χ3n) is 2.04. The highest BCUT2D eigenvalue weighted by atomic mass is 15.3. The maximum Gasteiger partial charge on any atom is 0.0662 e. The topological polar surface area (TPSA) is 17.8 Å². The molecule has 0 aliphatic heterocycles. The lowest BCUT2D eigenvalue weighted by molar-refractivity contribution is 0.549. The van der Waals surface area contributed by atoms with Gasteiger partial charge in [0.15, 0.2) is 0 Å². The summed E-state index contributed by atoms with van der Waals surface area (Å²) >= 11 is 0. The first kappa shape index (κ1) is 10.0. The molecule has 0 aliphatic carbocycles. The van der Waals surface area contributed by atoms with Crippen LogP contribution in [0.15, 0.2) is 24.9 Å². The Bertz CT molecular complexity index is 250. The van der Waals surface area contributed by atoms with Crippen LogP contribution in [0.1, 0.15) is 31.9 Å². The van der Waals surface area contributed by atoms with Crippen molar-refractivity contribution in [3.8, 4) is 0 Å². The Labute approximate surface area is 80.3 Å². The van der Waals surface area contributed by atoms with Gasteiger partial charge >= 0.3 is 0 Å². The molecule has 0 saturated carbocycles. The molecule has 1 heterocycles. The highest BCUT2D eigenvalue weighted by Crippen LogP contribution is 2.01. The zero-order valence-corrected chi connectivity index (χ0v) is 8.37. The zero-order valence-electron chi connectivity index (χ0n) is 8.37. The van der Waals surface area contributed by atoms with E-state index in [0.717, 1.165) is 18.7 Å². The fourth-order valence-corrected chi connectivity index (χ4v) is 1.31. The molecular weight excluding hydrogens is 160 g/mol.